The van der Waals surface area contributed by atoms with Crippen LogP contribution in [-0.4, -0.2) is 46.2 Å². The molecule has 90 valence electrons. The molecule has 0 unspecified atom stereocenters. The molecular formula is C11H16O5. The van der Waals surface area contributed by atoms with E-state index in [9.17, 15) is 15.0 Å². The maximum atomic E-state index is 11.5. The summed E-state index contributed by atoms with van der Waals surface area (Å²) in [5.74, 6) is -0.706. The summed E-state index contributed by atoms with van der Waals surface area (Å²) in [7, 11) is 0. The van der Waals surface area contributed by atoms with Crippen LogP contribution in [-0.2, 0) is 14.3 Å². The van der Waals surface area contributed by atoms with Crippen molar-refractivity contribution >= 4 is 5.97 Å². The van der Waals surface area contributed by atoms with Crippen molar-refractivity contribution in [3.05, 3.63) is 12.2 Å². The molecule has 2 aliphatic heterocycles. The fourth-order valence-corrected chi connectivity index (χ4v) is 2.32. The fraction of sp³-hybridized carbons (Fsp3) is 0.727. The summed E-state index contributed by atoms with van der Waals surface area (Å²) in [4.78, 5) is 11.5. The third-order valence-electron chi connectivity index (χ3n) is 3.13. The van der Waals surface area contributed by atoms with Gasteiger partial charge >= 0.3 is 5.97 Å². The number of cyclic esters (lactones) is 1. The molecule has 0 aromatic rings. The quantitative estimate of drug-likeness (QED) is 0.478. The van der Waals surface area contributed by atoms with Gasteiger partial charge < -0.3 is 19.7 Å². The Morgan fingerprint density at radius 3 is 2.88 bits per heavy atom. The molecule has 16 heavy (non-hydrogen) atoms. The number of fused-ring (bicyclic) bond motifs is 1. The molecule has 0 radical (unpaired) electrons. The number of esters is 1. The summed E-state index contributed by atoms with van der Waals surface area (Å²) < 4.78 is 10.5. The molecule has 2 aliphatic rings. The molecule has 2 fully saturated rings. The Morgan fingerprint density at radius 2 is 2.25 bits per heavy atom. The predicted molar refractivity (Wildman–Crippen MR) is 54.6 cm³/mol. The minimum Gasteiger partial charge on any atom is -0.458 e. The van der Waals surface area contributed by atoms with Gasteiger partial charge in [-0.2, -0.15) is 0 Å². The molecule has 2 N–H and O–H groups in total. The van der Waals surface area contributed by atoms with E-state index in [0.29, 0.717) is 0 Å². The first kappa shape index (κ1) is 11.6. The monoisotopic (exact) mass is 228 g/mol. The molecule has 0 bridgehead atoms. The maximum absolute atomic E-state index is 11.5. The number of rotatable bonds is 1. The maximum Gasteiger partial charge on any atom is 0.341 e. The second-order valence-electron chi connectivity index (χ2n) is 4.35. The zero-order valence-corrected chi connectivity index (χ0v) is 9.29. The molecular weight excluding hydrogens is 212 g/mol. The van der Waals surface area contributed by atoms with Crippen LogP contribution in [0.4, 0.5) is 0 Å². The Morgan fingerprint density at radius 1 is 1.56 bits per heavy atom. The minimum atomic E-state index is -1.70. The number of ether oxygens (including phenoxy) is 2. The first-order valence-electron chi connectivity index (χ1n) is 5.39. The van der Waals surface area contributed by atoms with Crippen molar-refractivity contribution in [2.45, 2.75) is 50.3 Å². The van der Waals surface area contributed by atoms with Gasteiger partial charge in [-0.3, -0.25) is 0 Å². The average Bonchev–Trinajstić information content (AvgIpc) is 2.41. The number of carbonyl (C=O) groups is 1. The van der Waals surface area contributed by atoms with Crippen LogP contribution in [0.5, 0.6) is 0 Å². The van der Waals surface area contributed by atoms with Gasteiger partial charge in [-0.05, 0) is 13.8 Å². The van der Waals surface area contributed by atoms with E-state index in [1.807, 2.05) is 6.92 Å². The summed E-state index contributed by atoms with van der Waals surface area (Å²) in [5, 5.41) is 19.9. The standard InChI is InChI=1S/C11H16O5/c1-3-4-8-7(12)5-11(14)9(16-8)6(2)15-10(11)13/h3-4,6-9,12,14H,5H2,1-2H3/b4-3+/t6-,7-,8+,9-,11+/m1/s1. The lowest BCUT2D eigenvalue weighted by Crippen LogP contribution is -2.57. The smallest absolute Gasteiger partial charge is 0.341 e. The van der Waals surface area contributed by atoms with Gasteiger partial charge in [0, 0.05) is 6.42 Å². The Hall–Kier alpha value is -0.910. The Labute approximate surface area is 93.7 Å². The molecule has 0 saturated carbocycles. The first-order chi connectivity index (χ1) is 7.49. The van der Waals surface area contributed by atoms with Gasteiger partial charge in [-0.25, -0.2) is 4.79 Å². The molecule has 5 nitrogen and oxygen atoms in total. The number of aliphatic hydroxyl groups excluding tert-OH is 1. The normalized spacial score (nSPS) is 48.1. The Balaban J connectivity index is 2.24. The van der Waals surface area contributed by atoms with Gasteiger partial charge in [0.2, 0.25) is 0 Å². The van der Waals surface area contributed by atoms with Crippen molar-refractivity contribution in [3.63, 3.8) is 0 Å². The second kappa shape index (κ2) is 3.84. The van der Waals surface area contributed by atoms with Crippen molar-refractivity contribution in [2.75, 3.05) is 0 Å². The summed E-state index contributed by atoms with van der Waals surface area (Å²) >= 11 is 0. The van der Waals surface area contributed by atoms with E-state index in [0.717, 1.165) is 0 Å². The molecule has 2 rings (SSSR count). The summed E-state index contributed by atoms with van der Waals surface area (Å²) in [6.07, 6.45) is 0.848. The van der Waals surface area contributed by atoms with Crippen molar-refractivity contribution in [3.8, 4) is 0 Å². The zero-order chi connectivity index (χ0) is 11.9. The third-order valence-corrected chi connectivity index (χ3v) is 3.13. The van der Waals surface area contributed by atoms with Crippen LogP contribution in [0.1, 0.15) is 20.3 Å². The largest absolute Gasteiger partial charge is 0.458 e. The lowest BCUT2D eigenvalue weighted by Gasteiger charge is -2.38. The molecule has 0 amide bonds. The van der Waals surface area contributed by atoms with Crippen LogP contribution >= 0.6 is 0 Å². The number of aliphatic hydroxyl groups is 2. The van der Waals surface area contributed by atoms with Crippen molar-refractivity contribution in [1.29, 1.82) is 0 Å². The summed E-state index contributed by atoms with van der Waals surface area (Å²) in [6, 6.07) is 0. The topological polar surface area (TPSA) is 76.0 Å². The lowest BCUT2D eigenvalue weighted by molar-refractivity contribution is -0.193. The highest BCUT2D eigenvalue weighted by Gasteiger charge is 2.60. The van der Waals surface area contributed by atoms with E-state index in [1.54, 1.807) is 19.1 Å². The molecule has 0 aromatic heterocycles. The van der Waals surface area contributed by atoms with Gasteiger partial charge in [-0.1, -0.05) is 12.2 Å². The van der Waals surface area contributed by atoms with Gasteiger partial charge in [0.1, 0.15) is 18.3 Å². The second-order valence-corrected chi connectivity index (χ2v) is 4.35. The molecule has 2 saturated heterocycles. The molecule has 5 atom stereocenters. The van der Waals surface area contributed by atoms with Gasteiger partial charge in [-0.15, -0.1) is 0 Å². The van der Waals surface area contributed by atoms with E-state index in [1.165, 1.54) is 0 Å². The van der Waals surface area contributed by atoms with Crippen molar-refractivity contribution in [2.24, 2.45) is 0 Å². The zero-order valence-electron chi connectivity index (χ0n) is 9.29. The van der Waals surface area contributed by atoms with E-state index < -0.39 is 36.0 Å². The fourth-order valence-electron chi connectivity index (χ4n) is 2.32. The van der Waals surface area contributed by atoms with E-state index >= 15 is 0 Å². The van der Waals surface area contributed by atoms with Crippen LogP contribution < -0.4 is 0 Å². The Bertz CT molecular complexity index is 326. The molecule has 0 aromatic carbocycles. The SMILES string of the molecule is C/C=C/[C@@H]1O[C@@H]2[C@@H](C)OC(=O)[C@]2(O)C[C@H]1O. The third kappa shape index (κ3) is 1.55. The van der Waals surface area contributed by atoms with Crippen LogP contribution in [0.15, 0.2) is 12.2 Å². The number of hydrogen-bond donors (Lipinski definition) is 2. The van der Waals surface area contributed by atoms with Crippen molar-refractivity contribution < 1.29 is 24.5 Å². The highest BCUT2D eigenvalue weighted by atomic mass is 16.6. The lowest BCUT2D eigenvalue weighted by atomic mass is 9.85. The van der Waals surface area contributed by atoms with Crippen LogP contribution in [0.25, 0.3) is 0 Å². The van der Waals surface area contributed by atoms with E-state index in [2.05, 4.69) is 0 Å². The minimum absolute atomic E-state index is 0.0458. The summed E-state index contributed by atoms with van der Waals surface area (Å²) in [5.41, 5.74) is -1.70. The van der Waals surface area contributed by atoms with Crippen LogP contribution in [0.3, 0.4) is 0 Å². The number of carbonyl (C=O) groups excluding carboxylic acids is 1. The molecule has 5 heteroatoms. The van der Waals surface area contributed by atoms with E-state index in [4.69, 9.17) is 9.47 Å². The van der Waals surface area contributed by atoms with Gasteiger partial charge in [0.15, 0.2) is 5.60 Å². The highest BCUT2D eigenvalue weighted by Crippen LogP contribution is 2.38. The van der Waals surface area contributed by atoms with E-state index in [-0.39, 0.29) is 6.42 Å². The van der Waals surface area contributed by atoms with Gasteiger partial charge in [0.05, 0.1) is 6.10 Å². The van der Waals surface area contributed by atoms with Crippen LogP contribution in [0, 0.1) is 0 Å². The molecule has 0 aliphatic carbocycles. The van der Waals surface area contributed by atoms with Gasteiger partial charge in [0.25, 0.3) is 0 Å². The van der Waals surface area contributed by atoms with Crippen LogP contribution in [0.2, 0.25) is 0 Å². The predicted octanol–water partition coefficient (Wildman–Crippen LogP) is -0.243. The average molecular weight is 228 g/mol. The Kier molecular flexibility index (Phi) is 2.77. The number of hydrogen-bond acceptors (Lipinski definition) is 5. The van der Waals surface area contributed by atoms with Crippen molar-refractivity contribution in [1.82, 2.24) is 0 Å². The molecule has 2 heterocycles. The summed E-state index contributed by atoms with van der Waals surface area (Å²) in [6.45, 7) is 3.49. The number of allylic oxidation sites excluding steroid dienone is 1. The first-order valence-corrected chi connectivity index (χ1v) is 5.39. The molecule has 0 spiro atoms. The highest BCUT2D eigenvalue weighted by molar-refractivity contribution is 5.83.